The highest BCUT2D eigenvalue weighted by molar-refractivity contribution is 5.87. The first-order chi connectivity index (χ1) is 15.3. The number of benzene rings is 1. The Bertz CT molecular complexity index is 1090. The lowest BCUT2D eigenvalue weighted by molar-refractivity contribution is 0.0696. The Labute approximate surface area is 226 Å². The van der Waals surface area contributed by atoms with Crippen molar-refractivity contribution in [1.29, 1.82) is 0 Å². The lowest BCUT2D eigenvalue weighted by Gasteiger charge is -2.21. The van der Waals surface area contributed by atoms with E-state index < -0.39 is 5.97 Å². The van der Waals surface area contributed by atoms with E-state index in [4.69, 9.17) is 20.6 Å². The minimum absolute atomic E-state index is 0. The Kier molecular flexibility index (Phi) is 14.1. The molecular formula is C26H34Cl3N3O3. The van der Waals surface area contributed by atoms with E-state index in [9.17, 15) is 4.79 Å². The van der Waals surface area contributed by atoms with Crippen molar-refractivity contribution < 1.29 is 14.6 Å². The monoisotopic (exact) mass is 541 g/mol. The summed E-state index contributed by atoms with van der Waals surface area (Å²) in [6.45, 7) is 9.50. The molecule has 0 aliphatic heterocycles. The van der Waals surface area contributed by atoms with Crippen LogP contribution in [-0.2, 0) is 30.9 Å². The molecule has 0 atom stereocenters. The number of halogens is 3. The highest BCUT2D eigenvalue weighted by Gasteiger charge is 2.19. The Balaban J connectivity index is 0.00000385. The van der Waals surface area contributed by atoms with Gasteiger partial charge in [-0.2, -0.15) is 0 Å². The Morgan fingerprint density at radius 1 is 1.00 bits per heavy atom. The van der Waals surface area contributed by atoms with Crippen LogP contribution in [0.2, 0.25) is 0 Å². The van der Waals surface area contributed by atoms with Crippen LogP contribution < -0.4 is 5.73 Å². The molecule has 0 fully saturated rings. The number of aromatic carboxylic acids is 1. The molecule has 1 aromatic carbocycles. The third-order valence-electron chi connectivity index (χ3n) is 5.41. The Hall–Kier alpha value is -2.22. The summed E-state index contributed by atoms with van der Waals surface area (Å²) in [5.41, 5.74) is 14.5. The van der Waals surface area contributed by atoms with E-state index in [-0.39, 0.29) is 49.4 Å². The van der Waals surface area contributed by atoms with Crippen LogP contribution in [0.25, 0.3) is 11.1 Å². The molecule has 9 heteroatoms. The Morgan fingerprint density at radius 3 is 2.17 bits per heavy atom. The number of nitrogens with zero attached hydrogens (tertiary/aromatic N) is 2. The summed E-state index contributed by atoms with van der Waals surface area (Å²) >= 11 is 0. The topological polar surface area (TPSA) is 98.3 Å². The van der Waals surface area contributed by atoms with Crippen molar-refractivity contribution in [3.8, 4) is 11.1 Å². The minimum atomic E-state index is -0.995. The van der Waals surface area contributed by atoms with Gasteiger partial charge in [0.1, 0.15) is 0 Å². The molecule has 0 amide bonds. The molecule has 0 bridgehead atoms. The molecule has 3 rings (SSSR count). The molecule has 0 saturated carbocycles. The average Bonchev–Trinajstić information content (AvgIpc) is 2.75. The van der Waals surface area contributed by atoms with Gasteiger partial charge in [0.15, 0.2) is 0 Å². The Morgan fingerprint density at radius 2 is 1.66 bits per heavy atom. The van der Waals surface area contributed by atoms with Crippen LogP contribution in [0.15, 0.2) is 42.6 Å². The van der Waals surface area contributed by atoms with Crippen LogP contribution in [0.4, 0.5) is 0 Å². The van der Waals surface area contributed by atoms with Crippen LogP contribution >= 0.6 is 37.2 Å². The predicted octanol–water partition coefficient (Wildman–Crippen LogP) is 6.10. The number of hydrogen-bond donors (Lipinski definition) is 2. The third kappa shape index (κ3) is 8.44. The van der Waals surface area contributed by atoms with Crippen molar-refractivity contribution in [3.05, 3.63) is 81.9 Å². The molecule has 0 radical (unpaired) electrons. The molecule has 35 heavy (non-hydrogen) atoms. The maximum atomic E-state index is 11.0. The molecule has 192 valence electrons. The van der Waals surface area contributed by atoms with Gasteiger partial charge in [0, 0.05) is 29.7 Å². The van der Waals surface area contributed by atoms with Gasteiger partial charge in [0.05, 0.1) is 24.5 Å². The number of rotatable bonds is 9. The van der Waals surface area contributed by atoms with Crippen molar-refractivity contribution in [2.24, 2.45) is 11.7 Å². The lowest BCUT2D eigenvalue weighted by Crippen LogP contribution is -2.14. The summed E-state index contributed by atoms with van der Waals surface area (Å²) in [6.07, 6.45) is 2.21. The van der Waals surface area contributed by atoms with E-state index in [2.05, 4.69) is 50.0 Å². The van der Waals surface area contributed by atoms with Crippen LogP contribution in [-0.4, -0.2) is 21.0 Å². The van der Waals surface area contributed by atoms with E-state index >= 15 is 0 Å². The second kappa shape index (κ2) is 15.0. The number of aryl methyl sites for hydroxylation is 2. The van der Waals surface area contributed by atoms with Gasteiger partial charge < -0.3 is 15.6 Å². The smallest absolute Gasteiger partial charge is 0.337 e. The average molecular weight is 543 g/mol. The summed E-state index contributed by atoms with van der Waals surface area (Å²) < 4.78 is 6.00. The van der Waals surface area contributed by atoms with Crippen molar-refractivity contribution in [2.75, 3.05) is 0 Å². The van der Waals surface area contributed by atoms with Crippen LogP contribution in [0.3, 0.4) is 0 Å². The number of ether oxygens (including phenoxy) is 1. The van der Waals surface area contributed by atoms with Crippen LogP contribution in [0.5, 0.6) is 0 Å². The zero-order valence-corrected chi connectivity index (χ0v) is 22.9. The molecule has 0 aliphatic carbocycles. The quantitative estimate of drug-likeness (QED) is 0.339. The number of nitrogens with two attached hydrogens (primary N) is 1. The highest BCUT2D eigenvalue weighted by Crippen LogP contribution is 2.33. The predicted molar refractivity (Wildman–Crippen MR) is 147 cm³/mol. The molecule has 3 aromatic rings. The molecule has 2 aromatic heterocycles. The summed E-state index contributed by atoms with van der Waals surface area (Å²) in [5, 5.41) is 9.02. The maximum absolute atomic E-state index is 11.0. The highest BCUT2D eigenvalue weighted by atomic mass is 35.5. The second-order valence-electron chi connectivity index (χ2n) is 8.48. The van der Waals surface area contributed by atoms with Gasteiger partial charge in [-0.15, -0.1) is 37.2 Å². The summed E-state index contributed by atoms with van der Waals surface area (Å²) in [7, 11) is 0. The molecule has 0 spiro atoms. The van der Waals surface area contributed by atoms with Gasteiger partial charge in [0.25, 0.3) is 0 Å². The fourth-order valence-corrected chi connectivity index (χ4v) is 3.76. The number of pyridine rings is 2. The normalized spacial score (nSPS) is 10.2. The standard InChI is InChI=1S/C26H31N3O3.3ClH/c1-16(2)11-24-22(12-27)25(19-7-5-17(3)6-8-19)23(18(4)29-24)15-32-14-21-10-9-20(13-28-21)26(30)31;;;/h5-10,13,16H,11-12,14-15,27H2,1-4H3,(H,30,31);3*1H. The van der Waals surface area contributed by atoms with Gasteiger partial charge in [-0.25, -0.2) is 4.79 Å². The molecule has 0 saturated heterocycles. The molecular weight excluding hydrogens is 509 g/mol. The van der Waals surface area contributed by atoms with Gasteiger partial charge in [-0.3, -0.25) is 9.97 Å². The van der Waals surface area contributed by atoms with Gasteiger partial charge in [-0.1, -0.05) is 43.7 Å². The van der Waals surface area contributed by atoms with Gasteiger partial charge >= 0.3 is 5.97 Å². The van der Waals surface area contributed by atoms with E-state index in [0.29, 0.717) is 24.8 Å². The van der Waals surface area contributed by atoms with E-state index in [1.54, 1.807) is 6.07 Å². The third-order valence-corrected chi connectivity index (χ3v) is 5.41. The van der Waals surface area contributed by atoms with Crippen LogP contribution in [0, 0.1) is 19.8 Å². The summed E-state index contributed by atoms with van der Waals surface area (Å²) in [6, 6.07) is 11.7. The zero-order chi connectivity index (χ0) is 23.3. The largest absolute Gasteiger partial charge is 0.478 e. The number of aromatic nitrogens is 2. The SMILES string of the molecule is Cc1ccc(-c2c(COCc3ccc(C(=O)O)cn3)c(C)nc(CC(C)C)c2CN)cc1.Cl.Cl.Cl. The van der Waals surface area contributed by atoms with Gasteiger partial charge in [-0.05, 0) is 55.0 Å². The van der Waals surface area contributed by atoms with E-state index in [0.717, 1.165) is 40.1 Å². The molecule has 3 N–H and O–H groups in total. The first-order valence-corrected chi connectivity index (χ1v) is 10.8. The fourth-order valence-electron chi connectivity index (χ4n) is 3.76. The molecule has 0 unspecified atom stereocenters. The summed E-state index contributed by atoms with van der Waals surface area (Å²) in [4.78, 5) is 20.1. The number of hydrogen-bond acceptors (Lipinski definition) is 5. The maximum Gasteiger partial charge on any atom is 0.337 e. The van der Waals surface area contributed by atoms with Gasteiger partial charge in [0.2, 0.25) is 0 Å². The second-order valence-corrected chi connectivity index (χ2v) is 8.48. The van der Waals surface area contributed by atoms with E-state index in [1.807, 2.05) is 6.92 Å². The fraction of sp³-hybridized carbons (Fsp3) is 0.346. The number of carboxylic acid groups (broad SMARTS) is 1. The first-order valence-electron chi connectivity index (χ1n) is 10.8. The van der Waals surface area contributed by atoms with Crippen molar-refractivity contribution in [1.82, 2.24) is 9.97 Å². The van der Waals surface area contributed by atoms with Crippen molar-refractivity contribution in [2.45, 2.75) is 53.9 Å². The zero-order valence-electron chi connectivity index (χ0n) is 20.4. The van der Waals surface area contributed by atoms with Crippen molar-refractivity contribution in [3.63, 3.8) is 0 Å². The number of carboxylic acids is 1. The molecule has 0 aliphatic rings. The molecule has 6 nitrogen and oxygen atoms in total. The summed E-state index contributed by atoms with van der Waals surface area (Å²) in [5.74, 6) is -0.523. The lowest BCUT2D eigenvalue weighted by atomic mass is 9.90. The first kappa shape index (κ1) is 32.8. The minimum Gasteiger partial charge on any atom is -0.478 e. The van der Waals surface area contributed by atoms with Crippen LogP contribution in [0.1, 0.15) is 58.0 Å². The van der Waals surface area contributed by atoms with E-state index in [1.165, 1.54) is 17.8 Å². The van der Waals surface area contributed by atoms with Crippen molar-refractivity contribution >= 4 is 43.2 Å². The number of carbonyl (C=O) groups is 1. The molecule has 2 heterocycles.